The van der Waals surface area contributed by atoms with Gasteiger partial charge in [-0.25, -0.2) is 0 Å². The number of aryl methyl sites for hydroxylation is 1. The van der Waals surface area contributed by atoms with Crippen LogP contribution in [0.25, 0.3) is 0 Å². The summed E-state index contributed by atoms with van der Waals surface area (Å²) >= 11 is 0. The van der Waals surface area contributed by atoms with Gasteiger partial charge in [-0.1, -0.05) is 37.3 Å². The van der Waals surface area contributed by atoms with E-state index in [9.17, 15) is 4.79 Å². The number of rotatable bonds is 10. The minimum Gasteiger partial charge on any atom is -0.493 e. The molecule has 2 aliphatic rings. The molecule has 0 bridgehead atoms. The zero-order valence-corrected chi connectivity index (χ0v) is 25.7. The number of carbonyl (C=O) groups is 1. The predicted octanol–water partition coefficient (Wildman–Crippen LogP) is 6.08. The maximum absolute atomic E-state index is 13.7. The SMILES string of the molecule is COc1ccc(CC2c3cc(OC(C)C)c(OC)cc3CCN2CC(=O)NC2c3ccccc3CCC2C)cc1OC. The maximum atomic E-state index is 13.7. The van der Waals surface area contributed by atoms with Crippen LogP contribution in [-0.4, -0.2) is 51.3 Å². The molecule has 1 amide bonds. The molecule has 0 saturated carbocycles. The quantitative estimate of drug-likeness (QED) is 0.318. The monoisotopic (exact) mass is 572 g/mol. The molecule has 0 fully saturated rings. The highest BCUT2D eigenvalue weighted by atomic mass is 16.5. The second-order valence-corrected chi connectivity index (χ2v) is 11.8. The summed E-state index contributed by atoms with van der Waals surface area (Å²) in [5, 5.41) is 3.41. The number of nitrogens with zero attached hydrogens (tertiary/aromatic N) is 1. The van der Waals surface area contributed by atoms with E-state index in [1.165, 1.54) is 16.7 Å². The first-order chi connectivity index (χ1) is 20.3. The molecule has 1 aliphatic carbocycles. The van der Waals surface area contributed by atoms with Crippen molar-refractivity contribution in [2.75, 3.05) is 34.4 Å². The predicted molar refractivity (Wildman–Crippen MR) is 165 cm³/mol. The molecule has 0 radical (unpaired) electrons. The van der Waals surface area contributed by atoms with E-state index in [1.807, 2.05) is 26.0 Å². The average molecular weight is 573 g/mol. The number of hydrogen-bond acceptors (Lipinski definition) is 6. The van der Waals surface area contributed by atoms with Crippen LogP contribution in [0, 0.1) is 5.92 Å². The molecule has 3 aromatic rings. The number of ether oxygens (including phenoxy) is 4. The van der Waals surface area contributed by atoms with E-state index in [0.29, 0.717) is 30.4 Å². The normalized spacial score (nSPS) is 19.9. The number of hydrogen-bond donors (Lipinski definition) is 1. The molecule has 7 nitrogen and oxygen atoms in total. The number of benzene rings is 3. The van der Waals surface area contributed by atoms with Crippen LogP contribution in [0.2, 0.25) is 0 Å². The first-order valence-electron chi connectivity index (χ1n) is 15.0. The fourth-order valence-corrected chi connectivity index (χ4v) is 6.47. The van der Waals surface area contributed by atoms with Crippen LogP contribution < -0.4 is 24.3 Å². The number of amides is 1. The third-order valence-electron chi connectivity index (χ3n) is 8.62. The van der Waals surface area contributed by atoms with Crippen LogP contribution in [-0.2, 0) is 24.1 Å². The van der Waals surface area contributed by atoms with Crippen LogP contribution in [0.5, 0.6) is 23.0 Å². The highest BCUT2D eigenvalue weighted by Gasteiger charge is 2.33. The van der Waals surface area contributed by atoms with Crippen LogP contribution in [0.1, 0.15) is 67.1 Å². The molecule has 0 spiro atoms. The molecular formula is C35H44N2O5. The van der Waals surface area contributed by atoms with Crippen molar-refractivity contribution in [3.8, 4) is 23.0 Å². The average Bonchev–Trinajstić information content (AvgIpc) is 2.99. The maximum Gasteiger partial charge on any atom is 0.234 e. The van der Waals surface area contributed by atoms with Gasteiger partial charge in [0.05, 0.1) is 40.0 Å². The summed E-state index contributed by atoms with van der Waals surface area (Å²) < 4.78 is 23.0. The molecule has 1 N–H and O–H groups in total. The Kier molecular flexibility index (Phi) is 9.27. The topological polar surface area (TPSA) is 69.3 Å². The minimum absolute atomic E-state index is 0.00656. The Morgan fingerprint density at radius 3 is 2.36 bits per heavy atom. The molecular weight excluding hydrogens is 528 g/mol. The van der Waals surface area contributed by atoms with Crippen molar-refractivity contribution in [1.29, 1.82) is 0 Å². The fourth-order valence-electron chi connectivity index (χ4n) is 6.47. The molecule has 0 aromatic heterocycles. The van der Waals surface area contributed by atoms with Gasteiger partial charge in [-0.2, -0.15) is 0 Å². The van der Waals surface area contributed by atoms with E-state index in [2.05, 4.69) is 59.6 Å². The molecule has 1 heterocycles. The Morgan fingerprint density at radius 2 is 1.62 bits per heavy atom. The lowest BCUT2D eigenvalue weighted by atomic mass is 9.80. The van der Waals surface area contributed by atoms with Crippen molar-refractivity contribution in [2.45, 2.75) is 64.6 Å². The van der Waals surface area contributed by atoms with Crippen molar-refractivity contribution in [1.82, 2.24) is 10.2 Å². The lowest BCUT2D eigenvalue weighted by Gasteiger charge is -2.38. The van der Waals surface area contributed by atoms with Gasteiger partial charge in [0.15, 0.2) is 23.0 Å². The number of carbonyl (C=O) groups excluding carboxylic acids is 1. The molecule has 3 unspecified atom stereocenters. The van der Waals surface area contributed by atoms with Crippen LogP contribution in [0.3, 0.4) is 0 Å². The van der Waals surface area contributed by atoms with Gasteiger partial charge in [0.25, 0.3) is 0 Å². The largest absolute Gasteiger partial charge is 0.493 e. The Balaban J connectivity index is 1.45. The number of nitrogens with one attached hydrogen (secondary N) is 1. The minimum atomic E-state index is -0.0333. The highest BCUT2D eigenvalue weighted by molar-refractivity contribution is 5.79. The first kappa shape index (κ1) is 29.8. The van der Waals surface area contributed by atoms with Gasteiger partial charge in [-0.3, -0.25) is 9.69 Å². The molecule has 7 heteroatoms. The molecule has 0 saturated heterocycles. The molecule has 42 heavy (non-hydrogen) atoms. The third-order valence-corrected chi connectivity index (χ3v) is 8.62. The Morgan fingerprint density at radius 1 is 0.881 bits per heavy atom. The molecule has 5 rings (SSSR count). The summed E-state index contributed by atoms with van der Waals surface area (Å²) in [6.07, 6.45) is 3.67. The zero-order chi connectivity index (χ0) is 29.8. The van der Waals surface area contributed by atoms with Crippen LogP contribution >= 0.6 is 0 Å². The smallest absolute Gasteiger partial charge is 0.234 e. The van der Waals surface area contributed by atoms with E-state index in [0.717, 1.165) is 48.4 Å². The Hall–Kier alpha value is -3.71. The lowest BCUT2D eigenvalue weighted by Crippen LogP contribution is -2.45. The van der Waals surface area contributed by atoms with Gasteiger partial charge in [0.2, 0.25) is 5.91 Å². The Bertz CT molecular complexity index is 1400. The third kappa shape index (κ3) is 6.36. The van der Waals surface area contributed by atoms with Crippen molar-refractivity contribution in [2.24, 2.45) is 5.92 Å². The fraction of sp³-hybridized carbons (Fsp3) is 0.457. The summed E-state index contributed by atoms with van der Waals surface area (Å²) in [5.74, 6) is 3.29. The van der Waals surface area contributed by atoms with E-state index >= 15 is 0 Å². The molecule has 3 atom stereocenters. The van der Waals surface area contributed by atoms with Crippen molar-refractivity contribution in [3.05, 3.63) is 82.4 Å². The first-order valence-corrected chi connectivity index (χ1v) is 15.0. The second kappa shape index (κ2) is 13.1. The number of fused-ring (bicyclic) bond motifs is 2. The summed E-state index contributed by atoms with van der Waals surface area (Å²) in [4.78, 5) is 16.0. The van der Waals surface area contributed by atoms with Gasteiger partial charge in [-0.15, -0.1) is 0 Å². The van der Waals surface area contributed by atoms with Crippen LogP contribution in [0.15, 0.2) is 54.6 Å². The van der Waals surface area contributed by atoms with Gasteiger partial charge < -0.3 is 24.3 Å². The summed E-state index contributed by atoms with van der Waals surface area (Å²) in [5.41, 5.74) is 6.08. The second-order valence-electron chi connectivity index (χ2n) is 11.8. The summed E-state index contributed by atoms with van der Waals surface area (Å²) in [6.45, 7) is 7.35. The Labute approximate surface area is 250 Å². The van der Waals surface area contributed by atoms with Gasteiger partial charge in [-0.05, 0) is 97.5 Å². The van der Waals surface area contributed by atoms with Crippen LogP contribution in [0.4, 0.5) is 0 Å². The van der Waals surface area contributed by atoms with E-state index in [4.69, 9.17) is 18.9 Å². The lowest BCUT2D eigenvalue weighted by molar-refractivity contribution is -0.124. The van der Waals surface area contributed by atoms with E-state index in [1.54, 1.807) is 21.3 Å². The van der Waals surface area contributed by atoms with Gasteiger partial charge in [0.1, 0.15) is 0 Å². The van der Waals surface area contributed by atoms with Gasteiger partial charge >= 0.3 is 0 Å². The standard InChI is InChI=1S/C35H44N2O5/c1-22(2)42-33-20-28-26(19-32(33)41-6)15-16-37(29(28)17-24-12-14-30(39-4)31(18-24)40-5)21-34(38)36-35-23(3)11-13-25-9-7-8-10-27(25)35/h7-10,12,14,18-20,22-23,29,35H,11,13,15-17,21H2,1-6H3,(H,36,38). The van der Waals surface area contributed by atoms with E-state index in [-0.39, 0.29) is 24.1 Å². The molecule has 1 aliphatic heterocycles. The molecule has 3 aromatic carbocycles. The van der Waals surface area contributed by atoms with E-state index < -0.39 is 0 Å². The summed E-state index contributed by atoms with van der Waals surface area (Å²) in [7, 11) is 4.98. The molecule has 224 valence electrons. The van der Waals surface area contributed by atoms with Gasteiger partial charge in [0, 0.05) is 12.6 Å². The number of methoxy groups -OCH3 is 3. The van der Waals surface area contributed by atoms with Crippen molar-refractivity contribution < 1.29 is 23.7 Å². The van der Waals surface area contributed by atoms with Crippen molar-refractivity contribution in [3.63, 3.8) is 0 Å². The highest BCUT2D eigenvalue weighted by Crippen LogP contribution is 2.41. The van der Waals surface area contributed by atoms with Crippen molar-refractivity contribution >= 4 is 5.91 Å². The summed E-state index contributed by atoms with van der Waals surface area (Å²) in [6, 6.07) is 18.8. The zero-order valence-electron chi connectivity index (χ0n) is 25.7.